The molecule has 1 N–H and O–H groups in total. The molecule has 1 aromatic rings. The Kier molecular flexibility index (Phi) is 1.38. The van der Waals surface area contributed by atoms with Crippen LogP contribution in [0.2, 0.25) is 0 Å². The van der Waals surface area contributed by atoms with E-state index in [0.717, 1.165) is 23.7 Å². The number of carbonyl (C=O) groups excluding carboxylic acids is 1. The Labute approximate surface area is 112 Å². The van der Waals surface area contributed by atoms with Gasteiger partial charge in [0, 0.05) is 23.6 Å². The molecule has 2 nitrogen and oxygen atoms in total. The standard InChI is InChI=1S/C17H17NO/c19-17-13-9-6-8-10-11(9)15(17)14(10)16(12(8)13)18-7-4-2-1-3-5-7/h1-5,8-16,18H,6H2. The Morgan fingerprint density at radius 2 is 1.74 bits per heavy atom. The van der Waals surface area contributed by atoms with Crippen LogP contribution < -0.4 is 5.32 Å². The van der Waals surface area contributed by atoms with Gasteiger partial charge in [-0.3, -0.25) is 4.79 Å². The summed E-state index contributed by atoms with van der Waals surface area (Å²) in [6.07, 6.45) is 1.37. The van der Waals surface area contributed by atoms with Gasteiger partial charge in [-0.1, -0.05) is 18.2 Å². The molecule has 9 atom stereocenters. The molecule has 0 aromatic heterocycles. The van der Waals surface area contributed by atoms with Crippen molar-refractivity contribution < 1.29 is 4.79 Å². The number of anilines is 1. The normalized spacial score (nSPS) is 57.9. The molecule has 19 heavy (non-hydrogen) atoms. The van der Waals surface area contributed by atoms with Crippen molar-refractivity contribution in [2.24, 2.45) is 47.3 Å². The van der Waals surface area contributed by atoms with E-state index in [1.165, 1.54) is 12.1 Å². The summed E-state index contributed by atoms with van der Waals surface area (Å²) in [5.74, 6) is 6.29. The second-order valence-electron chi connectivity index (χ2n) is 7.36. The fourth-order valence-corrected chi connectivity index (χ4v) is 7.08. The van der Waals surface area contributed by atoms with Crippen LogP contribution in [-0.2, 0) is 4.79 Å². The summed E-state index contributed by atoms with van der Waals surface area (Å²) in [4.78, 5) is 12.5. The largest absolute Gasteiger partial charge is 0.382 e. The third-order valence-electron chi connectivity index (χ3n) is 7.22. The van der Waals surface area contributed by atoms with Gasteiger partial charge >= 0.3 is 0 Å². The molecule has 96 valence electrons. The van der Waals surface area contributed by atoms with E-state index < -0.39 is 0 Å². The zero-order valence-corrected chi connectivity index (χ0v) is 10.7. The number of carbonyl (C=O) groups is 1. The summed E-state index contributed by atoms with van der Waals surface area (Å²) in [6, 6.07) is 11.2. The Bertz CT molecular complexity index is 597. The lowest BCUT2D eigenvalue weighted by molar-refractivity contribution is -0.133. The van der Waals surface area contributed by atoms with Crippen LogP contribution in [0.5, 0.6) is 0 Å². The van der Waals surface area contributed by atoms with Crippen molar-refractivity contribution in [2.75, 3.05) is 5.32 Å². The van der Waals surface area contributed by atoms with Crippen molar-refractivity contribution in [3.63, 3.8) is 0 Å². The van der Waals surface area contributed by atoms with Gasteiger partial charge in [0.05, 0.1) is 0 Å². The van der Waals surface area contributed by atoms with E-state index in [-0.39, 0.29) is 0 Å². The smallest absolute Gasteiger partial charge is 0.140 e. The van der Waals surface area contributed by atoms with Gasteiger partial charge in [-0.05, 0) is 54.1 Å². The van der Waals surface area contributed by atoms with Gasteiger partial charge in [-0.2, -0.15) is 0 Å². The minimum absolute atomic E-state index is 0.441. The molecule has 0 aliphatic heterocycles. The van der Waals surface area contributed by atoms with Crippen molar-refractivity contribution in [3.8, 4) is 0 Å². The van der Waals surface area contributed by atoms with Gasteiger partial charge in [0.1, 0.15) is 5.78 Å². The summed E-state index contributed by atoms with van der Waals surface area (Å²) >= 11 is 0. The van der Waals surface area contributed by atoms with E-state index in [0.29, 0.717) is 35.5 Å². The van der Waals surface area contributed by atoms with Gasteiger partial charge in [-0.15, -0.1) is 0 Å². The highest BCUT2D eigenvalue weighted by atomic mass is 16.1. The highest BCUT2D eigenvalue weighted by molar-refractivity contribution is 5.91. The van der Waals surface area contributed by atoms with Gasteiger partial charge in [0.2, 0.25) is 0 Å². The fraction of sp³-hybridized carbons (Fsp3) is 0.588. The van der Waals surface area contributed by atoms with Crippen LogP contribution in [0.1, 0.15) is 6.42 Å². The molecule has 9 unspecified atom stereocenters. The Hall–Kier alpha value is -1.31. The van der Waals surface area contributed by atoms with Crippen molar-refractivity contribution in [2.45, 2.75) is 12.5 Å². The molecule has 6 rings (SSSR count). The molecule has 2 heteroatoms. The van der Waals surface area contributed by atoms with E-state index in [2.05, 4.69) is 35.6 Å². The SMILES string of the molecule is O=C1C2C3CC4C2C(Nc2ccccc2)C2C1C3C42. The molecule has 5 aliphatic carbocycles. The molecular formula is C17H17NO. The number of nitrogens with one attached hydrogen (secondary N) is 1. The van der Waals surface area contributed by atoms with Crippen LogP contribution in [0.4, 0.5) is 5.69 Å². The van der Waals surface area contributed by atoms with Crippen LogP contribution >= 0.6 is 0 Å². The molecular weight excluding hydrogens is 234 g/mol. The number of Topliss-reactive ketones (excluding diaryl/α,β-unsaturated/α-hetero) is 1. The minimum atomic E-state index is 0.441. The molecule has 1 aromatic carbocycles. The summed E-state index contributed by atoms with van der Waals surface area (Å²) in [6.45, 7) is 0. The molecule has 2 bridgehead atoms. The second-order valence-corrected chi connectivity index (χ2v) is 7.36. The number of ketones is 1. The first-order valence-corrected chi connectivity index (χ1v) is 7.71. The van der Waals surface area contributed by atoms with Crippen LogP contribution in [0.3, 0.4) is 0 Å². The topological polar surface area (TPSA) is 29.1 Å². The molecule has 0 radical (unpaired) electrons. The maximum atomic E-state index is 12.5. The first-order valence-electron chi connectivity index (χ1n) is 7.71. The summed E-state index contributed by atoms with van der Waals surface area (Å²) < 4.78 is 0. The third kappa shape index (κ3) is 0.810. The van der Waals surface area contributed by atoms with E-state index in [1.807, 2.05) is 0 Å². The quantitative estimate of drug-likeness (QED) is 0.874. The van der Waals surface area contributed by atoms with E-state index in [9.17, 15) is 4.79 Å². The molecule has 0 saturated heterocycles. The summed E-state index contributed by atoms with van der Waals surface area (Å²) in [5.41, 5.74) is 1.24. The van der Waals surface area contributed by atoms with E-state index in [4.69, 9.17) is 0 Å². The van der Waals surface area contributed by atoms with Crippen molar-refractivity contribution in [1.29, 1.82) is 0 Å². The fourth-order valence-electron chi connectivity index (χ4n) is 7.08. The highest BCUT2D eigenvalue weighted by Gasteiger charge is 2.83. The highest BCUT2D eigenvalue weighted by Crippen LogP contribution is 2.81. The average Bonchev–Trinajstić information content (AvgIpc) is 2.91. The third-order valence-corrected chi connectivity index (χ3v) is 7.22. The zero-order chi connectivity index (χ0) is 12.3. The Morgan fingerprint density at radius 1 is 0.895 bits per heavy atom. The van der Waals surface area contributed by atoms with Crippen LogP contribution in [0.25, 0.3) is 0 Å². The maximum absolute atomic E-state index is 12.5. The van der Waals surface area contributed by atoms with Crippen molar-refractivity contribution in [3.05, 3.63) is 30.3 Å². The van der Waals surface area contributed by atoms with Crippen molar-refractivity contribution in [1.82, 2.24) is 0 Å². The molecule has 5 fully saturated rings. The summed E-state index contributed by atoms with van der Waals surface area (Å²) in [7, 11) is 0. The predicted molar refractivity (Wildman–Crippen MR) is 71.4 cm³/mol. The Balaban J connectivity index is 1.43. The monoisotopic (exact) mass is 251 g/mol. The Morgan fingerprint density at radius 3 is 2.58 bits per heavy atom. The average molecular weight is 251 g/mol. The number of hydrogen-bond donors (Lipinski definition) is 1. The number of benzene rings is 1. The van der Waals surface area contributed by atoms with Gasteiger partial charge < -0.3 is 5.32 Å². The molecule has 5 aliphatic rings. The molecule has 0 spiro atoms. The van der Waals surface area contributed by atoms with Gasteiger partial charge in [0.15, 0.2) is 0 Å². The number of para-hydroxylation sites is 1. The minimum Gasteiger partial charge on any atom is -0.382 e. The molecule has 5 saturated carbocycles. The lowest BCUT2D eigenvalue weighted by Crippen LogP contribution is -2.52. The van der Waals surface area contributed by atoms with Crippen LogP contribution in [0, 0.1) is 47.3 Å². The number of rotatable bonds is 2. The summed E-state index contributed by atoms with van der Waals surface area (Å²) in [5, 5.41) is 3.79. The lowest BCUT2D eigenvalue weighted by Gasteiger charge is -2.46. The molecule has 0 amide bonds. The molecule has 0 heterocycles. The van der Waals surface area contributed by atoms with Crippen LogP contribution in [0.15, 0.2) is 30.3 Å². The van der Waals surface area contributed by atoms with E-state index >= 15 is 0 Å². The lowest BCUT2D eigenvalue weighted by atomic mass is 9.58. The maximum Gasteiger partial charge on any atom is 0.140 e. The van der Waals surface area contributed by atoms with Gasteiger partial charge in [0.25, 0.3) is 0 Å². The zero-order valence-electron chi connectivity index (χ0n) is 10.7. The van der Waals surface area contributed by atoms with Gasteiger partial charge in [-0.25, -0.2) is 0 Å². The van der Waals surface area contributed by atoms with E-state index in [1.54, 1.807) is 0 Å². The number of hydrogen-bond acceptors (Lipinski definition) is 2. The first kappa shape index (κ1) is 9.57. The first-order chi connectivity index (χ1) is 9.36. The number of fused-ring (bicyclic) bond motifs is 2. The second kappa shape index (κ2) is 2.74. The van der Waals surface area contributed by atoms with Crippen molar-refractivity contribution >= 4 is 11.5 Å². The predicted octanol–water partition coefficient (Wildman–Crippen LogP) is 2.42. The van der Waals surface area contributed by atoms with Crippen LogP contribution in [-0.4, -0.2) is 11.8 Å².